The molecule has 0 radical (unpaired) electrons. The SMILES string of the molecule is CCOC(=O)Cc1nc2c(Cl)cccn2c1N. The van der Waals surface area contributed by atoms with Crippen molar-refractivity contribution in [2.75, 3.05) is 12.3 Å². The van der Waals surface area contributed by atoms with E-state index in [1.807, 2.05) is 0 Å². The molecule has 0 amide bonds. The lowest BCUT2D eigenvalue weighted by molar-refractivity contribution is -0.142. The fourth-order valence-corrected chi connectivity index (χ4v) is 1.78. The molecule has 0 aromatic carbocycles. The Morgan fingerprint density at radius 2 is 2.41 bits per heavy atom. The number of hydrogen-bond acceptors (Lipinski definition) is 4. The molecule has 0 fully saturated rings. The highest BCUT2D eigenvalue weighted by atomic mass is 35.5. The topological polar surface area (TPSA) is 69.6 Å². The number of nitrogens with two attached hydrogens (primary N) is 1. The Balaban J connectivity index is 2.39. The molecular formula is C11H12ClN3O2. The lowest BCUT2D eigenvalue weighted by Gasteiger charge is -2.00. The van der Waals surface area contributed by atoms with E-state index in [-0.39, 0.29) is 12.4 Å². The van der Waals surface area contributed by atoms with E-state index in [1.54, 1.807) is 29.7 Å². The average molecular weight is 254 g/mol. The molecule has 0 aliphatic carbocycles. The van der Waals surface area contributed by atoms with Crippen molar-refractivity contribution in [1.82, 2.24) is 9.38 Å². The van der Waals surface area contributed by atoms with Gasteiger partial charge in [0.1, 0.15) is 5.82 Å². The number of nitrogen functional groups attached to an aromatic ring is 1. The van der Waals surface area contributed by atoms with E-state index in [2.05, 4.69) is 4.98 Å². The highest BCUT2D eigenvalue weighted by Crippen LogP contribution is 2.21. The van der Waals surface area contributed by atoms with Crippen molar-refractivity contribution < 1.29 is 9.53 Å². The lowest BCUT2D eigenvalue weighted by Crippen LogP contribution is -2.09. The number of halogens is 1. The molecule has 0 aliphatic heterocycles. The van der Waals surface area contributed by atoms with Gasteiger partial charge < -0.3 is 10.5 Å². The number of anilines is 1. The first-order valence-corrected chi connectivity index (χ1v) is 5.57. The van der Waals surface area contributed by atoms with Crippen molar-refractivity contribution in [2.45, 2.75) is 13.3 Å². The first kappa shape index (κ1) is 11.7. The summed E-state index contributed by atoms with van der Waals surface area (Å²) < 4.78 is 6.50. The zero-order chi connectivity index (χ0) is 12.4. The van der Waals surface area contributed by atoms with Crippen LogP contribution in [0, 0.1) is 0 Å². The molecule has 0 bridgehead atoms. The summed E-state index contributed by atoms with van der Waals surface area (Å²) in [4.78, 5) is 15.6. The smallest absolute Gasteiger partial charge is 0.312 e. The summed E-state index contributed by atoms with van der Waals surface area (Å²) in [6.45, 7) is 2.09. The fourth-order valence-electron chi connectivity index (χ4n) is 1.58. The van der Waals surface area contributed by atoms with Gasteiger partial charge in [0.05, 0.1) is 23.7 Å². The molecule has 0 aliphatic rings. The minimum atomic E-state index is -0.348. The molecule has 2 aromatic heterocycles. The van der Waals surface area contributed by atoms with E-state index in [1.165, 1.54) is 0 Å². The summed E-state index contributed by atoms with van der Waals surface area (Å²) in [5.41, 5.74) is 6.92. The number of carbonyl (C=O) groups excluding carboxylic acids is 1. The summed E-state index contributed by atoms with van der Waals surface area (Å²) in [5.74, 6) is 0.0641. The number of esters is 1. The van der Waals surface area contributed by atoms with E-state index in [0.717, 1.165) is 0 Å². The predicted molar refractivity (Wildman–Crippen MR) is 65.0 cm³/mol. The van der Waals surface area contributed by atoms with Crippen molar-refractivity contribution in [3.05, 3.63) is 29.0 Å². The van der Waals surface area contributed by atoms with Gasteiger partial charge in [-0.3, -0.25) is 9.20 Å². The van der Waals surface area contributed by atoms with Crippen LogP contribution in [0.3, 0.4) is 0 Å². The number of nitrogens with zero attached hydrogens (tertiary/aromatic N) is 2. The molecule has 0 spiro atoms. The van der Waals surface area contributed by atoms with E-state index < -0.39 is 0 Å². The van der Waals surface area contributed by atoms with E-state index in [9.17, 15) is 4.79 Å². The number of pyridine rings is 1. The lowest BCUT2D eigenvalue weighted by atomic mass is 10.3. The van der Waals surface area contributed by atoms with E-state index >= 15 is 0 Å². The largest absolute Gasteiger partial charge is 0.466 e. The van der Waals surface area contributed by atoms with Gasteiger partial charge in [-0.2, -0.15) is 0 Å². The van der Waals surface area contributed by atoms with Crippen molar-refractivity contribution in [3.63, 3.8) is 0 Å². The predicted octanol–water partition coefficient (Wildman–Crippen LogP) is 1.68. The van der Waals surface area contributed by atoms with Crippen molar-refractivity contribution in [1.29, 1.82) is 0 Å². The minimum Gasteiger partial charge on any atom is -0.466 e. The number of rotatable bonds is 3. The van der Waals surface area contributed by atoms with Gasteiger partial charge >= 0.3 is 5.97 Å². The second-order valence-corrected chi connectivity index (χ2v) is 3.88. The van der Waals surface area contributed by atoms with Crippen LogP contribution in [0.2, 0.25) is 5.02 Å². The van der Waals surface area contributed by atoms with Gasteiger partial charge in [0, 0.05) is 6.20 Å². The third kappa shape index (κ3) is 2.19. The molecule has 90 valence electrons. The summed E-state index contributed by atoms with van der Waals surface area (Å²) >= 11 is 5.98. The van der Waals surface area contributed by atoms with Gasteiger partial charge in [0.2, 0.25) is 0 Å². The Kier molecular flexibility index (Phi) is 3.19. The zero-order valence-corrected chi connectivity index (χ0v) is 10.1. The van der Waals surface area contributed by atoms with Crippen LogP contribution in [-0.4, -0.2) is 22.0 Å². The van der Waals surface area contributed by atoms with Crippen LogP contribution in [0.4, 0.5) is 5.82 Å². The van der Waals surface area contributed by atoms with E-state index in [0.29, 0.717) is 28.8 Å². The first-order valence-electron chi connectivity index (χ1n) is 5.20. The highest BCUT2D eigenvalue weighted by Gasteiger charge is 2.14. The number of carbonyl (C=O) groups is 1. The van der Waals surface area contributed by atoms with Crippen molar-refractivity contribution >= 4 is 29.0 Å². The number of aromatic nitrogens is 2. The van der Waals surface area contributed by atoms with Crippen LogP contribution in [0.25, 0.3) is 5.65 Å². The van der Waals surface area contributed by atoms with Gasteiger partial charge in [-0.25, -0.2) is 4.98 Å². The maximum absolute atomic E-state index is 11.4. The molecule has 0 atom stereocenters. The van der Waals surface area contributed by atoms with Crippen molar-refractivity contribution in [3.8, 4) is 0 Å². The second-order valence-electron chi connectivity index (χ2n) is 3.48. The monoisotopic (exact) mass is 253 g/mol. The van der Waals surface area contributed by atoms with Crippen LogP contribution < -0.4 is 5.73 Å². The standard InChI is InChI=1S/C11H12ClN3O2/c1-2-17-9(16)6-8-10(13)15-5-3-4-7(12)11(15)14-8/h3-5H,2,6,13H2,1H3. The Morgan fingerprint density at radius 3 is 3.06 bits per heavy atom. The molecule has 2 aromatic rings. The molecule has 0 saturated carbocycles. The highest BCUT2D eigenvalue weighted by molar-refractivity contribution is 6.33. The number of ether oxygens (including phenoxy) is 1. The number of fused-ring (bicyclic) bond motifs is 1. The van der Waals surface area contributed by atoms with Crippen LogP contribution in [0.5, 0.6) is 0 Å². The Morgan fingerprint density at radius 1 is 1.65 bits per heavy atom. The van der Waals surface area contributed by atoms with Gasteiger partial charge in [-0.15, -0.1) is 0 Å². The quantitative estimate of drug-likeness (QED) is 0.845. The van der Waals surface area contributed by atoms with Gasteiger partial charge in [0.25, 0.3) is 0 Å². The fraction of sp³-hybridized carbons (Fsp3) is 0.273. The summed E-state index contributed by atoms with van der Waals surface area (Å²) in [5, 5.41) is 0.495. The molecule has 2 N–H and O–H groups in total. The summed E-state index contributed by atoms with van der Waals surface area (Å²) in [6.07, 6.45) is 1.80. The molecule has 0 unspecified atom stereocenters. The van der Waals surface area contributed by atoms with E-state index in [4.69, 9.17) is 22.1 Å². The van der Waals surface area contributed by atoms with Crippen LogP contribution in [0.15, 0.2) is 18.3 Å². The van der Waals surface area contributed by atoms with Gasteiger partial charge in [-0.05, 0) is 19.1 Å². The number of hydrogen-bond donors (Lipinski definition) is 1. The third-order valence-electron chi connectivity index (χ3n) is 2.33. The third-order valence-corrected chi connectivity index (χ3v) is 2.63. The van der Waals surface area contributed by atoms with Gasteiger partial charge in [-0.1, -0.05) is 11.6 Å². The Bertz CT molecular complexity index is 565. The average Bonchev–Trinajstić information content (AvgIpc) is 2.59. The zero-order valence-electron chi connectivity index (χ0n) is 9.31. The molecule has 0 saturated heterocycles. The molecule has 2 rings (SSSR count). The van der Waals surface area contributed by atoms with Gasteiger partial charge in [0.15, 0.2) is 5.65 Å². The first-order chi connectivity index (χ1) is 8.13. The molecule has 6 heteroatoms. The van der Waals surface area contributed by atoms with Crippen LogP contribution in [0.1, 0.15) is 12.6 Å². The summed E-state index contributed by atoms with van der Waals surface area (Å²) in [7, 11) is 0. The Hall–Kier alpha value is -1.75. The Labute approximate surface area is 103 Å². The second kappa shape index (κ2) is 4.63. The molecule has 17 heavy (non-hydrogen) atoms. The maximum Gasteiger partial charge on any atom is 0.312 e. The molecule has 2 heterocycles. The minimum absolute atomic E-state index is 0.0533. The maximum atomic E-state index is 11.4. The van der Waals surface area contributed by atoms with Crippen molar-refractivity contribution in [2.24, 2.45) is 0 Å². The van der Waals surface area contributed by atoms with Crippen LogP contribution >= 0.6 is 11.6 Å². The molecular weight excluding hydrogens is 242 g/mol. The molecule has 5 nitrogen and oxygen atoms in total. The summed E-state index contributed by atoms with van der Waals surface area (Å²) in [6, 6.07) is 3.49. The normalized spacial score (nSPS) is 10.7. The van der Waals surface area contributed by atoms with Crippen LogP contribution in [-0.2, 0) is 16.0 Å². The number of imidazole rings is 1.